The Hall–Kier alpha value is -1.29. The number of methoxy groups -OCH3 is 1. The molecule has 1 aromatic heterocycles. The van der Waals surface area contributed by atoms with Crippen LogP contribution in [0.4, 0.5) is 5.69 Å². The van der Waals surface area contributed by atoms with Gasteiger partial charge in [0.15, 0.2) is 0 Å². The molecule has 1 heterocycles. The first-order valence-electron chi connectivity index (χ1n) is 4.51. The number of nitrogen functional groups attached to an aromatic ring is 1. The third-order valence-electron chi connectivity index (χ3n) is 1.76. The smallest absolute Gasteiger partial charge is 0.146 e. The molecule has 1 atom stereocenters. The highest BCUT2D eigenvalue weighted by atomic mass is 16.5. The van der Waals surface area contributed by atoms with Gasteiger partial charge in [-0.3, -0.25) is 4.98 Å². The fourth-order valence-corrected chi connectivity index (χ4v) is 1.13. The number of pyridine rings is 1. The fraction of sp³-hybridized carbons (Fsp3) is 0.500. The normalized spacial score (nSPS) is 12.5. The zero-order valence-electron chi connectivity index (χ0n) is 8.78. The van der Waals surface area contributed by atoms with Crippen LogP contribution in [0.3, 0.4) is 0 Å². The summed E-state index contributed by atoms with van der Waals surface area (Å²) in [6.45, 7) is 4.37. The number of nitrogens with two attached hydrogens (primary N) is 1. The molecule has 4 heteroatoms. The van der Waals surface area contributed by atoms with Gasteiger partial charge in [0.25, 0.3) is 0 Å². The molecule has 0 aromatic carbocycles. The van der Waals surface area contributed by atoms with Gasteiger partial charge in [-0.15, -0.1) is 0 Å². The molecule has 1 aromatic rings. The molecule has 1 unspecified atom stereocenters. The molecule has 0 bridgehead atoms. The summed E-state index contributed by atoms with van der Waals surface area (Å²) in [5.41, 5.74) is 7.15. The molecular weight excluding hydrogens is 180 g/mol. The van der Waals surface area contributed by atoms with E-state index in [1.807, 2.05) is 19.9 Å². The van der Waals surface area contributed by atoms with Crippen molar-refractivity contribution in [1.82, 2.24) is 4.98 Å². The summed E-state index contributed by atoms with van der Waals surface area (Å²) in [7, 11) is 1.64. The summed E-state index contributed by atoms with van der Waals surface area (Å²) < 4.78 is 10.5. The Morgan fingerprint density at radius 2 is 2.29 bits per heavy atom. The molecule has 0 saturated heterocycles. The lowest BCUT2D eigenvalue weighted by Gasteiger charge is -2.15. The molecule has 0 fully saturated rings. The van der Waals surface area contributed by atoms with Crippen molar-refractivity contribution in [2.75, 3.05) is 19.5 Å². The number of hydrogen-bond donors (Lipinski definition) is 1. The predicted molar refractivity (Wildman–Crippen MR) is 55.4 cm³/mol. The second-order valence-electron chi connectivity index (χ2n) is 3.25. The van der Waals surface area contributed by atoms with Gasteiger partial charge in [-0.05, 0) is 13.8 Å². The van der Waals surface area contributed by atoms with Gasteiger partial charge in [-0.1, -0.05) is 0 Å². The molecule has 0 spiro atoms. The molecule has 1 rings (SSSR count). The van der Waals surface area contributed by atoms with Gasteiger partial charge in [0.05, 0.1) is 18.5 Å². The summed E-state index contributed by atoms with van der Waals surface area (Å²) in [5, 5.41) is 0. The lowest BCUT2D eigenvalue weighted by atomic mass is 10.3. The maximum Gasteiger partial charge on any atom is 0.146 e. The van der Waals surface area contributed by atoms with Gasteiger partial charge in [-0.25, -0.2) is 0 Å². The second kappa shape index (κ2) is 4.81. The monoisotopic (exact) mass is 196 g/mol. The van der Waals surface area contributed by atoms with Crippen molar-refractivity contribution in [2.24, 2.45) is 0 Å². The summed E-state index contributed by atoms with van der Waals surface area (Å²) in [4.78, 5) is 4.06. The first-order chi connectivity index (χ1) is 6.63. The van der Waals surface area contributed by atoms with E-state index >= 15 is 0 Å². The average molecular weight is 196 g/mol. The molecule has 2 N–H and O–H groups in total. The van der Waals surface area contributed by atoms with Crippen LogP contribution in [0, 0.1) is 6.92 Å². The maximum atomic E-state index is 5.71. The first kappa shape index (κ1) is 10.8. The minimum Gasteiger partial charge on any atom is -0.486 e. The van der Waals surface area contributed by atoms with E-state index in [9.17, 15) is 0 Å². The van der Waals surface area contributed by atoms with Crippen molar-refractivity contribution in [2.45, 2.75) is 20.0 Å². The zero-order chi connectivity index (χ0) is 10.6. The van der Waals surface area contributed by atoms with Gasteiger partial charge in [0, 0.05) is 18.9 Å². The molecule has 0 aliphatic heterocycles. The molecule has 78 valence electrons. The zero-order valence-corrected chi connectivity index (χ0v) is 8.78. The Bertz CT molecular complexity index is 302. The van der Waals surface area contributed by atoms with Gasteiger partial charge >= 0.3 is 0 Å². The molecule has 0 amide bonds. The Kier molecular flexibility index (Phi) is 3.71. The maximum absolute atomic E-state index is 5.71. The van der Waals surface area contributed by atoms with Crippen LogP contribution in [0.5, 0.6) is 5.75 Å². The van der Waals surface area contributed by atoms with Gasteiger partial charge in [0.1, 0.15) is 11.9 Å². The fourth-order valence-electron chi connectivity index (χ4n) is 1.13. The predicted octanol–water partition coefficient (Wildman–Crippen LogP) is 1.39. The lowest BCUT2D eigenvalue weighted by molar-refractivity contribution is 0.0925. The Balaban J connectivity index is 2.70. The Morgan fingerprint density at radius 3 is 2.93 bits per heavy atom. The number of aryl methyl sites for hydroxylation is 1. The van der Waals surface area contributed by atoms with Crippen LogP contribution in [-0.4, -0.2) is 24.8 Å². The van der Waals surface area contributed by atoms with E-state index in [0.717, 1.165) is 5.69 Å². The third kappa shape index (κ3) is 2.88. The van der Waals surface area contributed by atoms with Crippen LogP contribution in [-0.2, 0) is 4.74 Å². The van der Waals surface area contributed by atoms with Gasteiger partial charge < -0.3 is 15.2 Å². The van der Waals surface area contributed by atoms with Crippen LogP contribution >= 0.6 is 0 Å². The SMILES string of the molecule is COCC(C)Oc1cc(C)ncc1N. The summed E-state index contributed by atoms with van der Waals surface area (Å²) in [5.74, 6) is 0.669. The van der Waals surface area contributed by atoms with E-state index in [4.69, 9.17) is 15.2 Å². The molecule has 0 aliphatic carbocycles. The van der Waals surface area contributed by atoms with Crippen molar-refractivity contribution in [3.05, 3.63) is 18.0 Å². The topological polar surface area (TPSA) is 57.4 Å². The lowest BCUT2D eigenvalue weighted by Crippen LogP contribution is -2.18. The minimum absolute atomic E-state index is 0.0101. The van der Waals surface area contributed by atoms with E-state index in [2.05, 4.69) is 4.98 Å². The number of nitrogens with zero attached hydrogens (tertiary/aromatic N) is 1. The van der Waals surface area contributed by atoms with E-state index in [1.54, 1.807) is 13.3 Å². The number of anilines is 1. The van der Waals surface area contributed by atoms with Crippen LogP contribution in [0.2, 0.25) is 0 Å². The molecule has 14 heavy (non-hydrogen) atoms. The third-order valence-corrected chi connectivity index (χ3v) is 1.76. The number of hydrogen-bond acceptors (Lipinski definition) is 4. The van der Waals surface area contributed by atoms with Crippen molar-refractivity contribution >= 4 is 5.69 Å². The Labute approximate surface area is 84.0 Å². The molecule has 0 aliphatic rings. The summed E-state index contributed by atoms with van der Waals surface area (Å²) in [6.07, 6.45) is 1.59. The number of ether oxygens (including phenoxy) is 2. The van der Waals surface area contributed by atoms with Crippen LogP contribution < -0.4 is 10.5 Å². The van der Waals surface area contributed by atoms with Crippen molar-refractivity contribution in [3.8, 4) is 5.75 Å². The van der Waals surface area contributed by atoms with E-state index < -0.39 is 0 Å². The number of aromatic nitrogens is 1. The molecule has 0 radical (unpaired) electrons. The highest BCUT2D eigenvalue weighted by Crippen LogP contribution is 2.21. The van der Waals surface area contributed by atoms with Crippen LogP contribution in [0.15, 0.2) is 12.3 Å². The largest absolute Gasteiger partial charge is 0.486 e. The minimum atomic E-state index is -0.0101. The van der Waals surface area contributed by atoms with Crippen molar-refractivity contribution < 1.29 is 9.47 Å². The first-order valence-corrected chi connectivity index (χ1v) is 4.51. The van der Waals surface area contributed by atoms with Crippen molar-refractivity contribution in [1.29, 1.82) is 0 Å². The standard InChI is InChI=1S/C10H16N2O2/c1-7-4-10(9(11)5-12-7)14-8(2)6-13-3/h4-5,8H,6,11H2,1-3H3. The summed E-state index contributed by atoms with van der Waals surface area (Å²) >= 11 is 0. The highest BCUT2D eigenvalue weighted by Gasteiger charge is 2.06. The number of rotatable bonds is 4. The second-order valence-corrected chi connectivity index (χ2v) is 3.25. The van der Waals surface area contributed by atoms with Crippen molar-refractivity contribution in [3.63, 3.8) is 0 Å². The summed E-state index contributed by atoms with van der Waals surface area (Å²) in [6, 6.07) is 1.82. The quantitative estimate of drug-likeness (QED) is 0.790. The molecule has 4 nitrogen and oxygen atoms in total. The van der Waals surface area contributed by atoms with Gasteiger partial charge in [0.2, 0.25) is 0 Å². The van der Waals surface area contributed by atoms with Gasteiger partial charge in [-0.2, -0.15) is 0 Å². The molecular formula is C10H16N2O2. The Morgan fingerprint density at radius 1 is 1.57 bits per heavy atom. The highest BCUT2D eigenvalue weighted by molar-refractivity contribution is 5.50. The van der Waals surface area contributed by atoms with E-state index in [-0.39, 0.29) is 6.10 Å². The van der Waals surface area contributed by atoms with Crippen LogP contribution in [0.1, 0.15) is 12.6 Å². The molecule has 0 saturated carbocycles. The van der Waals surface area contributed by atoms with E-state index in [1.165, 1.54) is 0 Å². The van der Waals surface area contributed by atoms with Crippen LogP contribution in [0.25, 0.3) is 0 Å². The average Bonchev–Trinajstić information content (AvgIpc) is 2.12. The van der Waals surface area contributed by atoms with E-state index in [0.29, 0.717) is 18.0 Å².